The van der Waals surface area contributed by atoms with Crippen LogP contribution in [-0.2, 0) is 31.3 Å². The van der Waals surface area contributed by atoms with Crippen LogP contribution in [0.1, 0.15) is 32.8 Å². The minimum absolute atomic E-state index is 0.00224. The average Bonchev–Trinajstić information content (AvgIpc) is 3.15. The Morgan fingerprint density at radius 1 is 1.06 bits per heavy atom. The van der Waals surface area contributed by atoms with Gasteiger partial charge in [0.15, 0.2) is 0 Å². The van der Waals surface area contributed by atoms with E-state index >= 15 is 0 Å². The third kappa shape index (κ3) is 4.89. The standard InChI is InChI=1S/C21H27N3O6S2/c1-5-21(25)24-11-10-15-12-16(6-8-19(15)24)32(28,29)23-18-13-17(7-9-20(18)30-4)31(26,27)22-14(2)3/h6-9,12-14,22-23H,5,10-11H2,1-4H3. The Labute approximate surface area is 188 Å². The number of carbonyl (C=O) groups excluding carboxylic acids is 1. The second-order valence-corrected chi connectivity index (χ2v) is 11.1. The Kier molecular flexibility index (Phi) is 6.82. The summed E-state index contributed by atoms with van der Waals surface area (Å²) in [6, 6.07) is 8.21. The summed E-state index contributed by atoms with van der Waals surface area (Å²) < 4.78 is 61.3. The van der Waals surface area contributed by atoms with Crippen molar-refractivity contribution in [2.45, 2.75) is 49.4 Å². The van der Waals surface area contributed by atoms with Crippen molar-refractivity contribution in [2.75, 3.05) is 23.3 Å². The van der Waals surface area contributed by atoms with Gasteiger partial charge >= 0.3 is 0 Å². The number of carbonyl (C=O) groups is 1. The van der Waals surface area contributed by atoms with Crippen LogP contribution in [0, 0.1) is 0 Å². The fourth-order valence-electron chi connectivity index (χ4n) is 3.51. The summed E-state index contributed by atoms with van der Waals surface area (Å²) in [6.45, 7) is 5.67. The molecule has 32 heavy (non-hydrogen) atoms. The zero-order valence-corrected chi connectivity index (χ0v) is 20.0. The molecule has 0 unspecified atom stereocenters. The fraction of sp³-hybridized carbons (Fsp3) is 0.381. The molecule has 0 aliphatic carbocycles. The molecule has 11 heteroatoms. The van der Waals surface area contributed by atoms with E-state index in [9.17, 15) is 21.6 Å². The minimum atomic E-state index is -4.04. The van der Waals surface area contributed by atoms with Crippen LogP contribution < -0.4 is 19.1 Å². The number of hydrogen-bond acceptors (Lipinski definition) is 6. The molecule has 1 aliphatic rings. The molecule has 0 radical (unpaired) electrons. The van der Waals surface area contributed by atoms with E-state index in [0.29, 0.717) is 25.1 Å². The van der Waals surface area contributed by atoms with Crippen LogP contribution in [0.3, 0.4) is 0 Å². The minimum Gasteiger partial charge on any atom is -0.495 e. The Balaban J connectivity index is 1.95. The normalized spacial score (nSPS) is 13.8. The molecule has 3 rings (SSSR count). The first-order valence-corrected chi connectivity index (χ1v) is 13.1. The van der Waals surface area contributed by atoms with E-state index in [2.05, 4.69) is 9.44 Å². The molecule has 2 aromatic carbocycles. The van der Waals surface area contributed by atoms with Gasteiger partial charge in [0.2, 0.25) is 15.9 Å². The number of nitrogens with zero attached hydrogens (tertiary/aromatic N) is 1. The van der Waals surface area contributed by atoms with E-state index in [-0.39, 0.29) is 33.2 Å². The Bertz CT molecular complexity index is 1240. The Morgan fingerprint density at radius 2 is 1.72 bits per heavy atom. The van der Waals surface area contributed by atoms with E-state index in [0.717, 1.165) is 5.56 Å². The van der Waals surface area contributed by atoms with Gasteiger partial charge in [0.1, 0.15) is 5.75 Å². The van der Waals surface area contributed by atoms with Gasteiger partial charge in [0.05, 0.1) is 22.6 Å². The summed E-state index contributed by atoms with van der Waals surface area (Å²) in [4.78, 5) is 13.6. The summed E-state index contributed by atoms with van der Waals surface area (Å²) in [5.41, 5.74) is 1.47. The van der Waals surface area contributed by atoms with Crippen molar-refractivity contribution in [2.24, 2.45) is 0 Å². The first kappa shape index (κ1) is 24.0. The highest BCUT2D eigenvalue weighted by Gasteiger charge is 2.27. The maximum atomic E-state index is 13.1. The Morgan fingerprint density at radius 3 is 2.34 bits per heavy atom. The van der Waals surface area contributed by atoms with Gasteiger partial charge in [-0.15, -0.1) is 0 Å². The van der Waals surface area contributed by atoms with Crippen LogP contribution in [0.25, 0.3) is 0 Å². The molecule has 0 spiro atoms. The third-order valence-electron chi connectivity index (χ3n) is 4.98. The molecule has 1 heterocycles. The number of sulfonamides is 2. The van der Waals surface area contributed by atoms with Gasteiger partial charge in [0, 0.05) is 24.7 Å². The number of amides is 1. The maximum absolute atomic E-state index is 13.1. The van der Waals surface area contributed by atoms with Crippen LogP contribution in [0.15, 0.2) is 46.2 Å². The van der Waals surface area contributed by atoms with E-state index < -0.39 is 20.0 Å². The molecule has 174 valence electrons. The SMILES string of the molecule is CCC(=O)N1CCc2cc(S(=O)(=O)Nc3cc(S(=O)(=O)NC(C)C)ccc3OC)ccc21. The molecule has 2 aromatic rings. The van der Waals surface area contributed by atoms with E-state index in [1.54, 1.807) is 31.7 Å². The van der Waals surface area contributed by atoms with Crippen LogP contribution in [0.2, 0.25) is 0 Å². The number of ether oxygens (including phenoxy) is 1. The summed E-state index contributed by atoms with van der Waals surface area (Å²) >= 11 is 0. The lowest BCUT2D eigenvalue weighted by molar-refractivity contribution is -0.118. The molecule has 0 saturated heterocycles. The lowest BCUT2D eigenvalue weighted by atomic mass is 10.2. The summed E-state index contributed by atoms with van der Waals surface area (Å²) in [7, 11) is -6.51. The van der Waals surface area contributed by atoms with Gasteiger partial charge in [-0.1, -0.05) is 6.92 Å². The van der Waals surface area contributed by atoms with Crippen molar-refractivity contribution >= 4 is 37.3 Å². The molecule has 0 fully saturated rings. The van der Waals surface area contributed by atoms with Gasteiger partial charge in [-0.25, -0.2) is 21.6 Å². The van der Waals surface area contributed by atoms with Gasteiger partial charge in [-0.3, -0.25) is 9.52 Å². The molecule has 1 amide bonds. The van der Waals surface area contributed by atoms with Gasteiger partial charge in [0.25, 0.3) is 10.0 Å². The summed E-state index contributed by atoms with van der Waals surface area (Å²) in [5.74, 6) is 0.160. The lowest BCUT2D eigenvalue weighted by Crippen LogP contribution is -2.30. The van der Waals surface area contributed by atoms with Crippen LogP contribution in [0.4, 0.5) is 11.4 Å². The number of rotatable bonds is 8. The third-order valence-corrected chi connectivity index (χ3v) is 8.00. The van der Waals surface area contributed by atoms with Crippen LogP contribution >= 0.6 is 0 Å². The topological polar surface area (TPSA) is 122 Å². The number of benzene rings is 2. The highest BCUT2D eigenvalue weighted by Crippen LogP contribution is 2.33. The van der Waals surface area contributed by atoms with Crippen molar-refractivity contribution in [1.29, 1.82) is 0 Å². The highest BCUT2D eigenvalue weighted by molar-refractivity contribution is 7.92. The van der Waals surface area contributed by atoms with Crippen molar-refractivity contribution < 1.29 is 26.4 Å². The van der Waals surface area contributed by atoms with Gasteiger partial charge in [-0.2, -0.15) is 0 Å². The highest BCUT2D eigenvalue weighted by atomic mass is 32.2. The number of methoxy groups -OCH3 is 1. The zero-order chi connectivity index (χ0) is 23.7. The molecule has 0 aromatic heterocycles. The molecule has 9 nitrogen and oxygen atoms in total. The van der Waals surface area contributed by atoms with E-state index in [1.165, 1.54) is 37.4 Å². The van der Waals surface area contributed by atoms with Gasteiger partial charge in [-0.05, 0) is 62.2 Å². The second kappa shape index (κ2) is 9.08. The molecule has 0 bridgehead atoms. The zero-order valence-electron chi connectivity index (χ0n) is 18.4. The monoisotopic (exact) mass is 481 g/mol. The first-order valence-electron chi connectivity index (χ1n) is 10.1. The number of fused-ring (bicyclic) bond motifs is 1. The molecule has 2 N–H and O–H groups in total. The lowest BCUT2D eigenvalue weighted by Gasteiger charge is -2.17. The molecule has 1 aliphatic heterocycles. The predicted molar refractivity (Wildman–Crippen MR) is 122 cm³/mol. The smallest absolute Gasteiger partial charge is 0.262 e. The first-order chi connectivity index (χ1) is 15.0. The number of hydrogen-bond donors (Lipinski definition) is 2. The van der Waals surface area contributed by atoms with Crippen LogP contribution in [-0.4, -0.2) is 42.4 Å². The molecule has 0 saturated carbocycles. The maximum Gasteiger partial charge on any atom is 0.262 e. The van der Waals surface area contributed by atoms with E-state index in [4.69, 9.17) is 4.74 Å². The Hall–Kier alpha value is -2.63. The summed E-state index contributed by atoms with van der Waals surface area (Å²) in [5, 5.41) is 0. The number of nitrogens with one attached hydrogen (secondary N) is 2. The fourth-order valence-corrected chi connectivity index (χ4v) is 5.90. The molecular formula is C21H27N3O6S2. The van der Waals surface area contributed by atoms with Gasteiger partial charge < -0.3 is 9.64 Å². The van der Waals surface area contributed by atoms with E-state index in [1.807, 2.05) is 0 Å². The molecular weight excluding hydrogens is 454 g/mol. The molecule has 0 atom stereocenters. The largest absolute Gasteiger partial charge is 0.495 e. The van der Waals surface area contributed by atoms with Crippen molar-refractivity contribution in [3.63, 3.8) is 0 Å². The van der Waals surface area contributed by atoms with Crippen molar-refractivity contribution in [3.05, 3.63) is 42.0 Å². The van der Waals surface area contributed by atoms with Crippen molar-refractivity contribution in [1.82, 2.24) is 4.72 Å². The predicted octanol–water partition coefficient (Wildman–Crippen LogP) is 2.48. The second-order valence-electron chi connectivity index (χ2n) is 7.68. The van der Waals surface area contributed by atoms with Crippen LogP contribution in [0.5, 0.6) is 5.75 Å². The quantitative estimate of drug-likeness (QED) is 0.597. The number of anilines is 2. The average molecular weight is 482 g/mol. The summed E-state index contributed by atoms with van der Waals surface area (Å²) in [6.07, 6.45) is 0.925. The van der Waals surface area contributed by atoms with Crippen molar-refractivity contribution in [3.8, 4) is 5.75 Å².